The second-order valence-corrected chi connectivity index (χ2v) is 8.16. The molecule has 0 aliphatic rings. The number of para-hydroxylation sites is 1. The van der Waals surface area contributed by atoms with Crippen LogP contribution in [0.4, 0.5) is 0 Å². The van der Waals surface area contributed by atoms with Gasteiger partial charge in [-0.25, -0.2) is 0 Å². The molecule has 0 aliphatic heterocycles. The van der Waals surface area contributed by atoms with E-state index in [-0.39, 0.29) is 0 Å². The Labute approximate surface area is 192 Å². The molecule has 1 aromatic carbocycles. The van der Waals surface area contributed by atoms with Crippen LogP contribution in [0.1, 0.15) is 11.6 Å². The first-order valence-corrected chi connectivity index (χ1v) is 11.0. The Kier molecular flexibility index (Phi) is 5.66. The number of benzene rings is 1. The van der Waals surface area contributed by atoms with Crippen LogP contribution in [0.25, 0.3) is 28.5 Å². The highest BCUT2D eigenvalue weighted by Crippen LogP contribution is 2.32. The molecular formula is C22H16ClN7OS. The molecule has 4 aromatic heterocycles. The van der Waals surface area contributed by atoms with Crippen molar-refractivity contribution in [2.24, 2.45) is 0 Å². The molecule has 0 unspecified atom stereocenters. The smallest absolute Gasteiger partial charge is 0.249 e. The maximum atomic E-state index is 6.50. The van der Waals surface area contributed by atoms with Gasteiger partial charge in [-0.3, -0.25) is 14.5 Å². The van der Waals surface area contributed by atoms with E-state index in [4.69, 9.17) is 16.0 Å². The molecule has 0 bridgehead atoms. The summed E-state index contributed by atoms with van der Waals surface area (Å²) < 4.78 is 7.74. The summed E-state index contributed by atoms with van der Waals surface area (Å²) in [5, 5.41) is 18.3. The van der Waals surface area contributed by atoms with Gasteiger partial charge in [0, 0.05) is 29.8 Å². The van der Waals surface area contributed by atoms with Gasteiger partial charge in [0.05, 0.1) is 22.0 Å². The lowest BCUT2D eigenvalue weighted by Gasteiger charge is -2.11. The minimum Gasteiger partial charge on any atom is -0.420 e. The molecule has 5 rings (SSSR count). The predicted octanol–water partition coefficient (Wildman–Crippen LogP) is 5.03. The predicted molar refractivity (Wildman–Crippen MR) is 121 cm³/mol. The fraction of sp³-hybridized carbons (Fsp3) is 0.0909. The van der Waals surface area contributed by atoms with E-state index in [1.54, 1.807) is 18.6 Å². The molecule has 0 fully saturated rings. The lowest BCUT2D eigenvalue weighted by atomic mass is 10.2. The quantitative estimate of drug-likeness (QED) is 0.325. The molecule has 0 radical (unpaired) electrons. The molecule has 8 nitrogen and oxygen atoms in total. The van der Waals surface area contributed by atoms with E-state index in [9.17, 15) is 0 Å². The van der Waals surface area contributed by atoms with Crippen LogP contribution in [-0.4, -0.2) is 34.9 Å². The molecule has 0 amide bonds. The van der Waals surface area contributed by atoms with Gasteiger partial charge in [0.1, 0.15) is 0 Å². The molecule has 158 valence electrons. The minimum atomic E-state index is 0.422. The minimum absolute atomic E-state index is 0.422. The number of aromatic nitrogens is 7. The third kappa shape index (κ3) is 4.12. The normalized spacial score (nSPS) is 11.1. The molecule has 5 aromatic rings. The molecule has 0 saturated carbocycles. The van der Waals surface area contributed by atoms with Crippen LogP contribution < -0.4 is 0 Å². The van der Waals surface area contributed by atoms with Crippen molar-refractivity contribution in [1.29, 1.82) is 0 Å². The summed E-state index contributed by atoms with van der Waals surface area (Å²) in [4.78, 5) is 8.36. The molecule has 0 saturated heterocycles. The van der Waals surface area contributed by atoms with Crippen molar-refractivity contribution in [2.75, 3.05) is 0 Å². The van der Waals surface area contributed by atoms with Gasteiger partial charge in [-0.05, 0) is 43.3 Å². The van der Waals surface area contributed by atoms with Crippen molar-refractivity contribution >= 4 is 23.4 Å². The van der Waals surface area contributed by atoms with E-state index in [1.807, 2.05) is 60.0 Å². The Morgan fingerprint density at radius 1 is 0.938 bits per heavy atom. The van der Waals surface area contributed by atoms with Crippen molar-refractivity contribution in [3.05, 3.63) is 83.7 Å². The first kappa shape index (κ1) is 20.3. The van der Waals surface area contributed by atoms with E-state index >= 15 is 0 Å². The van der Waals surface area contributed by atoms with Gasteiger partial charge in [-0.2, -0.15) is 0 Å². The summed E-state index contributed by atoms with van der Waals surface area (Å²) in [6.45, 7) is 1.93. The van der Waals surface area contributed by atoms with Gasteiger partial charge >= 0.3 is 0 Å². The zero-order valence-corrected chi connectivity index (χ0v) is 18.5. The Morgan fingerprint density at radius 3 is 2.56 bits per heavy atom. The summed E-state index contributed by atoms with van der Waals surface area (Å²) in [5.41, 5.74) is 3.36. The van der Waals surface area contributed by atoms with Crippen LogP contribution >= 0.6 is 23.4 Å². The Bertz CT molecular complexity index is 1350. The van der Waals surface area contributed by atoms with Crippen LogP contribution in [0, 0.1) is 6.92 Å². The first-order chi connectivity index (χ1) is 15.7. The standard InChI is InChI=1S/C22H16ClN7OS/c1-14-6-7-16(12-25-14)21-28-26-19(31-21)13-32-22-29-27-20(15-8-10-24-11-9-15)30(22)18-5-3-2-4-17(18)23/h2-12H,13H2,1H3. The van der Waals surface area contributed by atoms with E-state index in [2.05, 4.69) is 30.4 Å². The third-order valence-electron chi connectivity index (χ3n) is 4.62. The van der Waals surface area contributed by atoms with E-state index in [1.165, 1.54) is 11.8 Å². The highest BCUT2D eigenvalue weighted by atomic mass is 35.5. The van der Waals surface area contributed by atoms with E-state index in [0.29, 0.717) is 33.5 Å². The Morgan fingerprint density at radius 2 is 1.78 bits per heavy atom. The van der Waals surface area contributed by atoms with Crippen LogP contribution in [-0.2, 0) is 5.75 Å². The molecule has 10 heteroatoms. The van der Waals surface area contributed by atoms with Gasteiger partial charge in [-0.15, -0.1) is 20.4 Å². The van der Waals surface area contributed by atoms with Crippen LogP contribution in [0.5, 0.6) is 0 Å². The highest BCUT2D eigenvalue weighted by Gasteiger charge is 2.19. The summed E-state index contributed by atoms with van der Waals surface area (Å²) in [6, 6.07) is 15.1. The van der Waals surface area contributed by atoms with Gasteiger partial charge in [0.15, 0.2) is 11.0 Å². The van der Waals surface area contributed by atoms with Gasteiger partial charge < -0.3 is 4.42 Å². The summed E-state index contributed by atoms with van der Waals surface area (Å²) in [7, 11) is 0. The molecule has 4 heterocycles. The number of nitrogens with zero attached hydrogens (tertiary/aromatic N) is 7. The number of pyridine rings is 2. The van der Waals surface area contributed by atoms with Crippen LogP contribution in [0.2, 0.25) is 5.02 Å². The fourth-order valence-electron chi connectivity index (χ4n) is 3.05. The highest BCUT2D eigenvalue weighted by molar-refractivity contribution is 7.98. The van der Waals surface area contributed by atoms with Crippen molar-refractivity contribution in [3.8, 4) is 28.5 Å². The molecule has 0 N–H and O–H groups in total. The lowest BCUT2D eigenvalue weighted by molar-refractivity contribution is 0.528. The van der Waals surface area contributed by atoms with E-state index in [0.717, 1.165) is 22.5 Å². The third-order valence-corrected chi connectivity index (χ3v) is 5.85. The lowest BCUT2D eigenvalue weighted by Crippen LogP contribution is -2.00. The average molecular weight is 462 g/mol. The van der Waals surface area contributed by atoms with Crippen molar-refractivity contribution in [3.63, 3.8) is 0 Å². The zero-order valence-electron chi connectivity index (χ0n) is 16.9. The SMILES string of the molecule is Cc1ccc(-c2nnc(CSc3nnc(-c4ccncc4)n3-c3ccccc3Cl)o2)cn1. The van der Waals surface area contributed by atoms with Crippen molar-refractivity contribution < 1.29 is 4.42 Å². The van der Waals surface area contributed by atoms with Gasteiger partial charge in [0.2, 0.25) is 11.8 Å². The molecular weight excluding hydrogens is 446 g/mol. The van der Waals surface area contributed by atoms with Gasteiger partial charge in [-0.1, -0.05) is 35.5 Å². The second kappa shape index (κ2) is 8.89. The maximum absolute atomic E-state index is 6.50. The Hall–Kier alpha value is -3.56. The number of aryl methyl sites for hydroxylation is 1. The zero-order chi connectivity index (χ0) is 21.9. The molecule has 0 atom stereocenters. The monoisotopic (exact) mass is 461 g/mol. The topological polar surface area (TPSA) is 95.4 Å². The molecule has 0 spiro atoms. The summed E-state index contributed by atoms with van der Waals surface area (Å²) >= 11 is 7.94. The summed E-state index contributed by atoms with van der Waals surface area (Å²) in [5.74, 6) is 1.99. The van der Waals surface area contributed by atoms with E-state index < -0.39 is 0 Å². The molecule has 32 heavy (non-hydrogen) atoms. The van der Waals surface area contributed by atoms with Crippen LogP contribution in [0.15, 0.2) is 76.7 Å². The largest absolute Gasteiger partial charge is 0.420 e. The summed E-state index contributed by atoms with van der Waals surface area (Å²) in [6.07, 6.45) is 5.15. The van der Waals surface area contributed by atoms with Crippen LogP contribution in [0.3, 0.4) is 0 Å². The number of halogens is 1. The number of hydrogen-bond acceptors (Lipinski definition) is 8. The number of thioether (sulfide) groups is 1. The van der Waals surface area contributed by atoms with Crippen molar-refractivity contribution in [2.45, 2.75) is 17.8 Å². The Balaban J connectivity index is 1.45. The molecule has 0 aliphatic carbocycles. The van der Waals surface area contributed by atoms with Crippen molar-refractivity contribution in [1.82, 2.24) is 34.9 Å². The number of hydrogen-bond donors (Lipinski definition) is 0. The second-order valence-electron chi connectivity index (χ2n) is 6.81. The average Bonchev–Trinajstić information content (AvgIpc) is 3.46. The number of rotatable bonds is 6. The first-order valence-electron chi connectivity index (χ1n) is 9.68. The maximum Gasteiger partial charge on any atom is 0.249 e. The fourth-order valence-corrected chi connectivity index (χ4v) is 4.05. The van der Waals surface area contributed by atoms with Gasteiger partial charge in [0.25, 0.3) is 0 Å².